The number of hydrogen-bond donors (Lipinski definition) is 2. The monoisotopic (exact) mass is 544 g/mol. The summed E-state index contributed by atoms with van der Waals surface area (Å²) in [5.74, 6) is 1.15. The van der Waals surface area contributed by atoms with Gasteiger partial charge in [0.1, 0.15) is 18.0 Å². The standard InChI is InChI=1S/C32H40N4O4/c1-21-7-4-5-10-26(21)27-18-36(32(27)40-19-24-8-6-9-24)31(38)29(17-23-11-13-25(39-3)14-12-23)35-30(37)16-15-28-22(2)33-20-34-28/h4-5,7,10-14,20,24,27,29,32H,6,8-9,15-19H2,1-3H3,(H,33,34)(H,35,37)/t27?,29?,32-/m1/s1. The Hall–Kier alpha value is -3.65. The van der Waals surface area contributed by atoms with Crippen LogP contribution in [-0.2, 0) is 27.2 Å². The Morgan fingerprint density at radius 1 is 1.12 bits per heavy atom. The highest BCUT2D eigenvalue weighted by Gasteiger charge is 2.46. The highest BCUT2D eigenvalue weighted by atomic mass is 16.5. The Kier molecular flexibility index (Phi) is 8.85. The summed E-state index contributed by atoms with van der Waals surface area (Å²) in [6.45, 7) is 5.28. The highest BCUT2D eigenvalue weighted by molar-refractivity contribution is 5.88. The van der Waals surface area contributed by atoms with E-state index in [0.29, 0.717) is 31.9 Å². The molecule has 1 aliphatic heterocycles. The molecule has 1 saturated carbocycles. The molecule has 1 aliphatic carbocycles. The van der Waals surface area contributed by atoms with E-state index >= 15 is 0 Å². The lowest BCUT2D eigenvalue weighted by Gasteiger charge is -2.49. The normalized spacial score (nSPS) is 19.4. The summed E-state index contributed by atoms with van der Waals surface area (Å²) in [6, 6.07) is 15.3. The first-order valence-electron chi connectivity index (χ1n) is 14.3. The summed E-state index contributed by atoms with van der Waals surface area (Å²) in [4.78, 5) is 36.3. The van der Waals surface area contributed by atoms with Gasteiger partial charge in [-0.25, -0.2) is 4.98 Å². The minimum atomic E-state index is -0.700. The first-order valence-corrected chi connectivity index (χ1v) is 14.3. The van der Waals surface area contributed by atoms with E-state index in [1.807, 2.05) is 48.2 Å². The molecular weight excluding hydrogens is 504 g/mol. The lowest BCUT2D eigenvalue weighted by Crippen LogP contribution is -2.63. The maximum absolute atomic E-state index is 14.1. The fourth-order valence-electron chi connectivity index (χ4n) is 5.59. The van der Waals surface area contributed by atoms with Crippen molar-refractivity contribution in [2.45, 2.75) is 70.6 Å². The number of benzene rings is 2. The van der Waals surface area contributed by atoms with Crippen molar-refractivity contribution in [3.05, 3.63) is 82.9 Å². The van der Waals surface area contributed by atoms with Gasteiger partial charge in [-0.2, -0.15) is 0 Å². The molecule has 3 aromatic rings. The number of nitrogens with one attached hydrogen (secondary N) is 2. The molecule has 0 bridgehead atoms. The van der Waals surface area contributed by atoms with Crippen LogP contribution >= 0.6 is 0 Å². The van der Waals surface area contributed by atoms with Crippen molar-refractivity contribution in [2.24, 2.45) is 5.92 Å². The van der Waals surface area contributed by atoms with E-state index in [0.717, 1.165) is 22.7 Å². The molecule has 212 valence electrons. The molecule has 2 N–H and O–H groups in total. The van der Waals surface area contributed by atoms with E-state index in [1.54, 1.807) is 13.4 Å². The van der Waals surface area contributed by atoms with Gasteiger partial charge in [-0.3, -0.25) is 9.59 Å². The molecule has 8 heteroatoms. The third-order valence-corrected chi connectivity index (χ3v) is 8.40. The van der Waals surface area contributed by atoms with Crippen LogP contribution in [0.3, 0.4) is 0 Å². The van der Waals surface area contributed by atoms with Crippen molar-refractivity contribution in [1.82, 2.24) is 20.2 Å². The lowest BCUT2D eigenvalue weighted by molar-refractivity contribution is -0.179. The number of imidazole rings is 1. The lowest BCUT2D eigenvalue weighted by atomic mass is 9.84. The van der Waals surface area contributed by atoms with E-state index < -0.39 is 6.04 Å². The quantitative estimate of drug-likeness (QED) is 0.351. The number of nitrogens with zero attached hydrogens (tertiary/aromatic N) is 2. The van der Waals surface area contributed by atoms with E-state index in [2.05, 4.69) is 34.3 Å². The van der Waals surface area contributed by atoms with Gasteiger partial charge in [0.05, 0.1) is 25.7 Å². The molecule has 1 saturated heterocycles. The molecule has 2 fully saturated rings. The van der Waals surface area contributed by atoms with Crippen molar-refractivity contribution in [2.75, 3.05) is 20.3 Å². The minimum absolute atomic E-state index is 0.108. The molecule has 2 amide bonds. The number of H-pyrrole nitrogens is 1. The number of aromatic amines is 1. The molecule has 0 radical (unpaired) electrons. The van der Waals surface area contributed by atoms with Crippen LogP contribution in [0.4, 0.5) is 0 Å². The van der Waals surface area contributed by atoms with Crippen molar-refractivity contribution >= 4 is 11.8 Å². The van der Waals surface area contributed by atoms with Crippen molar-refractivity contribution in [3.8, 4) is 5.75 Å². The molecule has 2 unspecified atom stereocenters. The van der Waals surface area contributed by atoms with E-state index in [4.69, 9.17) is 9.47 Å². The van der Waals surface area contributed by atoms with Crippen LogP contribution in [0, 0.1) is 19.8 Å². The fourth-order valence-corrected chi connectivity index (χ4v) is 5.59. The average Bonchev–Trinajstić information content (AvgIpc) is 3.33. The van der Waals surface area contributed by atoms with Gasteiger partial charge in [-0.05, 0) is 61.4 Å². The molecule has 1 aromatic heterocycles. The van der Waals surface area contributed by atoms with Crippen LogP contribution in [-0.4, -0.2) is 59.2 Å². The number of carbonyl (C=O) groups excluding carboxylic acids is 2. The van der Waals surface area contributed by atoms with Gasteiger partial charge in [0.2, 0.25) is 11.8 Å². The van der Waals surface area contributed by atoms with Crippen LogP contribution in [0.1, 0.15) is 59.7 Å². The van der Waals surface area contributed by atoms with E-state index in [1.165, 1.54) is 30.4 Å². The van der Waals surface area contributed by atoms with Crippen LogP contribution in [0.5, 0.6) is 5.75 Å². The Morgan fingerprint density at radius 2 is 1.90 bits per heavy atom. The number of methoxy groups -OCH3 is 1. The molecule has 3 atom stereocenters. The molecular formula is C32H40N4O4. The number of likely N-dealkylation sites (tertiary alicyclic amines) is 1. The highest BCUT2D eigenvalue weighted by Crippen LogP contribution is 2.38. The number of carbonyl (C=O) groups is 2. The first kappa shape index (κ1) is 27.9. The summed E-state index contributed by atoms with van der Waals surface area (Å²) in [5.41, 5.74) is 5.18. The third-order valence-electron chi connectivity index (χ3n) is 8.40. The summed E-state index contributed by atoms with van der Waals surface area (Å²) in [6.07, 6.45) is 6.06. The Labute approximate surface area is 236 Å². The SMILES string of the molecule is COc1ccc(CC(NC(=O)CCc2nc[nH]c2C)C(=O)N2CC(c3ccccc3C)[C@H]2OCC2CCC2)cc1. The van der Waals surface area contributed by atoms with Crippen LogP contribution in [0.15, 0.2) is 54.9 Å². The molecule has 0 spiro atoms. The second-order valence-corrected chi connectivity index (χ2v) is 11.1. The average molecular weight is 545 g/mol. The molecule has 8 nitrogen and oxygen atoms in total. The summed E-state index contributed by atoms with van der Waals surface area (Å²) >= 11 is 0. The zero-order valence-corrected chi connectivity index (χ0v) is 23.7. The number of ether oxygens (including phenoxy) is 2. The molecule has 2 aliphatic rings. The van der Waals surface area contributed by atoms with Crippen LogP contribution < -0.4 is 10.1 Å². The second-order valence-electron chi connectivity index (χ2n) is 11.1. The van der Waals surface area contributed by atoms with Gasteiger partial charge in [-0.1, -0.05) is 42.8 Å². The Bertz CT molecular complexity index is 1300. The Balaban J connectivity index is 1.32. The number of rotatable bonds is 12. The summed E-state index contributed by atoms with van der Waals surface area (Å²) in [7, 11) is 1.63. The van der Waals surface area contributed by atoms with Gasteiger partial charge in [0.25, 0.3) is 0 Å². The molecule has 40 heavy (non-hydrogen) atoms. The summed E-state index contributed by atoms with van der Waals surface area (Å²) < 4.78 is 11.7. The molecule has 2 aromatic carbocycles. The maximum atomic E-state index is 14.1. The van der Waals surface area contributed by atoms with Gasteiger partial charge in [-0.15, -0.1) is 0 Å². The van der Waals surface area contributed by atoms with Crippen LogP contribution in [0.2, 0.25) is 0 Å². The van der Waals surface area contributed by atoms with Gasteiger partial charge < -0.3 is 24.7 Å². The predicted octanol–water partition coefficient (Wildman–Crippen LogP) is 4.46. The largest absolute Gasteiger partial charge is 0.497 e. The van der Waals surface area contributed by atoms with E-state index in [9.17, 15) is 9.59 Å². The topological polar surface area (TPSA) is 96.5 Å². The number of aromatic nitrogens is 2. The van der Waals surface area contributed by atoms with Gasteiger partial charge in [0.15, 0.2) is 0 Å². The fraction of sp³-hybridized carbons (Fsp3) is 0.469. The third kappa shape index (κ3) is 6.39. The summed E-state index contributed by atoms with van der Waals surface area (Å²) in [5, 5.41) is 3.04. The smallest absolute Gasteiger partial charge is 0.247 e. The van der Waals surface area contributed by atoms with Crippen molar-refractivity contribution in [3.63, 3.8) is 0 Å². The van der Waals surface area contributed by atoms with E-state index in [-0.39, 0.29) is 30.4 Å². The van der Waals surface area contributed by atoms with Crippen molar-refractivity contribution in [1.29, 1.82) is 0 Å². The Morgan fingerprint density at radius 3 is 2.55 bits per heavy atom. The number of amides is 2. The molecule has 5 rings (SSSR count). The maximum Gasteiger partial charge on any atom is 0.247 e. The number of hydrogen-bond acceptors (Lipinski definition) is 5. The minimum Gasteiger partial charge on any atom is -0.497 e. The van der Waals surface area contributed by atoms with Crippen molar-refractivity contribution < 1.29 is 19.1 Å². The van der Waals surface area contributed by atoms with Gasteiger partial charge in [0, 0.05) is 37.4 Å². The van der Waals surface area contributed by atoms with Gasteiger partial charge >= 0.3 is 0 Å². The zero-order chi connectivity index (χ0) is 28.1. The zero-order valence-electron chi connectivity index (χ0n) is 23.7. The number of aryl methyl sites for hydroxylation is 3. The second kappa shape index (κ2) is 12.7. The molecule has 2 heterocycles. The predicted molar refractivity (Wildman–Crippen MR) is 153 cm³/mol. The van der Waals surface area contributed by atoms with Crippen LogP contribution in [0.25, 0.3) is 0 Å². The first-order chi connectivity index (χ1) is 19.4.